The van der Waals surface area contributed by atoms with Crippen LogP contribution >= 0.6 is 7.82 Å². The summed E-state index contributed by atoms with van der Waals surface area (Å²) in [6.45, 7) is 1.38. The summed E-state index contributed by atoms with van der Waals surface area (Å²) in [5, 5.41) is 18.6. The van der Waals surface area contributed by atoms with Gasteiger partial charge in [-0.15, -0.1) is 0 Å². The molecule has 254 valence electrons. The number of carbonyl (C=O) groups is 2. The first-order chi connectivity index (χ1) is 21.3. The fraction of sp³-hybridized carbons (Fsp3) is 0.697. The molecule has 0 aromatic rings. The largest absolute Gasteiger partial charge is 0.472 e. The number of hydrogen-bond donors (Lipinski definition) is 3. The Bertz CT molecular complexity index is 884. The van der Waals surface area contributed by atoms with Crippen LogP contribution in [0.25, 0.3) is 0 Å². The average Bonchev–Trinajstić information content (AvgIpc) is 3.01. The molecule has 0 aliphatic heterocycles. The zero-order chi connectivity index (χ0) is 32.7. The number of esters is 2. The topological polar surface area (TPSA) is 149 Å². The Labute approximate surface area is 264 Å². The summed E-state index contributed by atoms with van der Waals surface area (Å²) in [5.41, 5.74) is 0. The molecule has 11 heteroatoms. The molecular weight excluding hydrogens is 587 g/mol. The van der Waals surface area contributed by atoms with Gasteiger partial charge < -0.3 is 24.6 Å². The molecule has 0 bridgehead atoms. The first kappa shape index (κ1) is 41.9. The van der Waals surface area contributed by atoms with Crippen molar-refractivity contribution in [3.05, 3.63) is 48.6 Å². The molecule has 0 saturated carbocycles. The highest BCUT2D eigenvalue weighted by Crippen LogP contribution is 2.43. The van der Waals surface area contributed by atoms with Gasteiger partial charge in [0.15, 0.2) is 0 Å². The van der Waals surface area contributed by atoms with Crippen LogP contribution < -0.4 is 0 Å². The van der Waals surface area contributed by atoms with E-state index in [0.29, 0.717) is 6.42 Å². The molecule has 0 aromatic heterocycles. The van der Waals surface area contributed by atoms with E-state index in [4.69, 9.17) is 18.5 Å². The Morgan fingerprint density at radius 1 is 0.636 bits per heavy atom. The first-order valence-corrected chi connectivity index (χ1v) is 17.6. The third kappa shape index (κ3) is 27.5. The maximum Gasteiger partial charge on any atom is 0.472 e. The van der Waals surface area contributed by atoms with Crippen molar-refractivity contribution in [3.8, 4) is 0 Å². The lowest BCUT2D eigenvalue weighted by Gasteiger charge is -2.20. The molecule has 0 aliphatic rings. The molecule has 0 rings (SSSR count). The third-order valence-corrected chi connectivity index (χ3v) is 7.31. The smallest absolute Gasteiger partial charge is 0.457 e. The Hall–Kier alpha value is -2.07. The number of rotatable bonds is 29. The van der Waals surface area contributed by atoms with E-state index < -0.39 is 58.4 Å². The molecule has 0 radical (unpaired) electrons. The van der Waals surface area contributed by atoms with Crippen molar-refractivity contribution in [2.75, 3.05) is 26.4 Å². The Kier molecular flexibility index (Phi) is 28.2. The highest BCUT2D eigenvalue weighted by atomic mass is 31.2. The summed E-state index contributed by atoms with van der Waals surface area (Å²) >= 11 is 0. The standard InChI is InChI=1S/C33H57O10P/c1-3-5-6-7-8-9-10-11-12-13-14-15-16-17-18-19-20-21-22-23-24-25-33(37)43-31(27-35)29-41-44(38,39)40-28-30(26-34)42-32(36)4-2/h5-6,8-9,11-12,14-15,30-31,34-35H,3-4,7,10,13,16-29H2,1-2H3,(H,38,39)/b6-5-,9-8-,12-11-,15-14-. The molecule has 44 heavy (non-hydrogen) atoms. The fourth-order valence-corrected chi connectivity index (χ4v) is 4.63. The number of phosphoric ester groups is 1. The number of phosphoric acid groups is 1. The van der Waals surface area contributed by atoms with Gasteiger partial charge in [-0.25, -0.2) is 4.57 Å². The van der Waals surface area contributed by atoms with Gasteiger partial charge in [-0.2, -0.15) is 0 Å². The quantitative estimate of drug-likeness (QED) is 0.0335. The van der Waals surface area contributed by atoms with Gasteiger partial charge in [0.05, 0.1) is 26.4 Å². The number of aliphatic hydroxyl groups is 2. The van der Waals surface area contributed by atoms with Crippen LogP contribution in [0.5, 0.6) is 0 Å². The van der Waals surface area contributed by atoms with Crippen LogP contribution in [0.15, 0.2) is 48.6 Å². The zero-order valence-electron chi connectivity index (χ0n) is 26.9. The van der Waals surface area contributed by atoms with Crippen molar-refractivity contribution in [2.45, 2.75) is 122 Å². The summed E-state index contributed by atoms with van der Waals surface area (Å²) < 4.78 is 31.5. The highest BCUT2D eigenvalue weighted by Gasteiger charge is 2.27. The van der Waals surface area contributed by atoms with Gasteiger partial charge in [0.1, 0.15) is 12.2 Å². The molecule has 0 aliphatic carbocycles. The van der Waals surface area contributed by atoms with E-state index in [2.05, 4.69) is 55.5 Å². The molecular formula is C33H57O10P. The molecule has 0 heterocycles. The maximum atomic E-state index is 12.1. The van der Waals surface area contributed by atoms with Crippen LogP contribution in [-0.4, -0.2) is 65.7 Å². The molecule has 0 fully saturated rings. The lowest BCUT2D eigenvalue weighted by Crippen LogP contribution is -2.28. The van der Waals surface area contributed by atoms with Gasteiger partial charge in [0.25, 0.3) is 0 Å². The Balaban J connectivity index is 3.81. The predicted molar refractivity (Wildman–Crippen MR) is 173 cm³/mol. The Morgan fingerprint density at radius 2 is 1.07 bits per heavy atom. The number of allylic oxidation sites excluding steroid dienone is 8. The molecule has 0 spiro atoms. The molecule has 3 atom stereocenters. The molecule has 0 saturated heterocycles. The second-order valence-electron chi connectivity index (χ2n) is 10.4. The Morgan fingerprint density at radius 3 is 1.55 bits per heavy atom. The van der Waals surface area contributed by atoms with Crippen molar-refractivity contribution < 1.29 is 47.8 Å². The summed E-state index contributed by atoms with van der Waals surface area (Å²) in [5.74, 6) is -1.12. The van der Waals surface area contributed by atoms with Crippen molar-refractivity contribution >= 4 is 19.8 Å². The van der Waals surface area contributed by atoms with E-state index in [1.54, 1.807) is 6.92 Å². The van der Waals surface area contributed by atoms with E-state index in [0.717, 1.165) is 51.4 Å². The van der Waals surface area contributed by atoms with Crippen LogP contribution in [0.3, 0.4) is 0 Å². The van der Waals surface area contributed by atoms with Crippen molar-refractivity contribution in [2.24, 2.45) is 0 Å². The van der Waals surface area contributed by atoms with Crippen LogP contribution in [-0.2, 0) is 32.7 Å². The van der Waals surface area contributed by atoms with E-state index in [1.807, 2.05) is 0 Å². The molecule has 0 amide bonds. The van der Waals surface area contributed by atoms with Gasteiger partial charge in [-0.3, -0.25) is 18.6 Å². The fourth-order valence-electron chi connectivity index (χ4n) is 3.84. The third-order valence-electron chi connectivity index (χ3n) is 6.36. The second kappa shape index (κ2) is 29.6. The van der Waals surface area contributed by atoms with Gasteiger partial charge in [-0.05, 0) is 44.9 Å². The lowest BCUT2D eigenvalue weighted by molar-refractivity contribution is -0.153. The monoisotopic (exact) mass is 644 g/mol. The summed E-state index contributed by atoms with van der Waals surface area (Å²) in [7, 11) is -4.59. The van der Waals surface area contributed by atoms with E-state index in [9.17, 15) is 29.3 Å². The van der Waals surface area contributed by atoms with Crippen molar-refractivity contribution in [1.29, 1.82) is 0 Å². The summed E-state index contributed by atoms with van der Waals surface area (Å²) in [6, 6.07) is 0. The molecule has 10 nitrogen and oxygen atoms in total. The minimum atomic E-state index is -4.59. The molecule has 0 aromatic carbocycles. The first-order valence-electron chi connectivity index (χ1n) is 16.1. The summed E-state index contributed by atoms with van der Waals surface area (Å²) in [4.78, 5) is 33.1. The highest BCUT2D eigenvalue weighted by molar-refractivity contribution is 7.47. The van der Waals surface area contributed by atoms with Gasteiger partial charge in [0.2, 0.25) is 0 Å². The van der Waals surface area contributed by atoms with E-state index in [1.165, 1.54) is 25.7 Å². The molecule has 3 N–H and O–H groups in total. The second-order valence-corrected chi connectivity index (χ2v) is 11.8. The minimum Gasteiger partial charge on any atom is -0.457 e. The predicted octanol–water partition coefficient (Wildman–Crippen LogP) is 7.04. The number of carbonyl (C=O) groups excluding carboxylic acids is 2. The van der Waals surface area contributed by atoms with Gasteiger partial charge >= 0.3 is 19.8 Å². The van der Waals surface area contributed by atoms with Crippen LogP contribution in [0.2, 0.25) is 0 Å². The SMILES string of the molecule is CC/C=C\C/C=C\C/C=C\C/C=C\CCCCCCCCCCC(=O)OC(CO)COP(=O)(O)OCC(CO)OC(=O)CC. The van der Waals surface area contributed by atoms with Gasteiger partial charge in [0, 0.05) is 12.8 Å². The minimum absolute atomic E-state index is 0.0710. The van der Waals surface area contributed by atoms with Crippen molar-refractivity contribution in [3.63, 3.8) is 0 Å². The lowest BCUT2D eigenvalue weighted by atomic mass is 10.1. The maximum absolute atomic E-state index is 12.1. The van der Waals surface area contributed by atoms with Crippen LogP contribution in [0, 0.1) is 0 Å². The van der Waals surface area contributed by atoms with E-state index >= 15 is 0 Å². The van der Waals surface area contributed by atoms with Gasteiger partial charge in [-0.1, -0.05) is 101 Å². The van der Waals surface area contributed by atoms with Crippen LogP contribution in [0.1, 0.15) is 110 Å². The van der Waals surface area contributed by atoms with Crippen molar-refractivity contribution in [1.82, 2.24) is 0 Å². The number of unbranched alkanes of at least 4 members (excludes halogenated alkanes) is 8. The normalized spacial score (nSPS) is 14.9. The molecule has 3 unspecified atom stereocenters. The van der Waals surface area contributed by atoms with Crippen LogP contribution in [0.4, 0.5) is 0 Å². The zero-order valence-corrected chi connectivity index (χ0v) is 27.7. The average molecular weight is 645 g/mol. The van der Waals surface area contributed by atoms with E-state index in [-0.39, 0.29) is 12.8 Å². The summed E-state index contributed by atoms with van der Waals surface area (Å²) in [6.07, 6.45) is 29.4. The number of hydrogen-bond acceptors (Lipinski definition) is 9. The number of ether oxygens (including phenoxy) is 2. The number of aliphatic hydroxyl groups excluding tert-OH is 2.